The number of amides is 1. The van der Waals surface area contributed by atoms with E-state index in [1.165, 1.54) is 23.1 Å². The number of hydrogen-bond donors (Lipinski definition) is 1. The highest BCUT2D eigenvalue weighted by molar-refractivity contribution is 5.97. The van der Waals surface area contributed by atoms with Gasteiger partial charge in [-0.2, -0.15) is 0 Å². The lowest BCUT2D eigenvalue weighted by atomic mass is 9.68. The number of pyridine rings is 1. The van der Waals surface area contributed by atoms with Crippen LogP contribution in [-0.2, 0) is 11.2 Å². The molecule has 1 heterocycles. The van der Waals surface area contributed by atoms with E-state index in [2.05, 4.69) is 42.3 Å². The highest BCUT2D eigenvalue weighted by atomic mass is 16.2. The van der Waals surface area contributed by atoms with Gasteiger partial charge in [0, 0.05) is 5.39 Å². The third kappa shape index (κ3) is 3.66. The van der Waals surface area contributed by atoms with Gasteiger partial charge in [0.15, 0.2) is 0 Å². The largest absolute Gasteiger partial charge is 0.324 e. The van der Waals surface area contributed by atoms with Crippen molar-refractivity contribution in [1.82, 2.24) is 4.98 Å². The number of aryl methyl sites for hydroxylation is 2. The SMILES string of the molecule is Cc1cccc(C)c1CC1(C(=O)Nc2cnc3ccccc3c2)CCCCC1. The van der Waals surface area contributed by atoms with E-state index in [4.69, 9.17) is 0 Å². The molecule has 0 radical (unpaired) electrons. The molecule has 1 N–H and O–H groups in total. The molecular weight excluding hydrogens is 344 g/mol. The molecule has 0 spiro atoms. The average molecular weight is 373 g/mol. The van der Waals surface area contributed by atoms with Crippen molar-refractivity contribution in [3.8, 4) is 0 Å². The number of hydrogen-bond acceptors (Lipinski definition) is 2. The normalized spacial score (nSPS) is 16.1. The Bertz CT molecular complexity index is 982. The summed E-state index contributed by atoms with van der Waals surface area (Å²) in [5.41, 5.74) is 5.30. The Morgan fingerprint density at radius 3 is 2.46 bits per heavy atom. The fourth-order valence-corrected chi connectivity index (χ4v) is 4.58. The summed E-state index contributed by atoms with van der Waals surface area (Å²) in [7, 11) is 0. The topological polar surface area (TPSA) is 42.0 Å². The Morgan fingerprint density at radius 2 is 1.71 bits per heavy atom. The minimum atomic E-state index is -0.333. The van der Waals surface area contributed by atoms with Gasteiger partial charge in [-0.15, -0.1) is 0 Å². The zero-order valence-corrected chi connectivity index (χ0v) is 16.8. The van der Waals surface area contributed by atoms with Gasteiger partial charge in [-0.25, -0.2) is 0 Å². The lowest BCUT2D eigenvalue weighted by Crippen LogP contribution is -2.40. The van der Waals surface area contributed by atoms with E-state index in [-0.39, 0.29) is 11.3 Å². The van der Waals surface area contributed by atoms with Gasteiger partial charge in [-0.3, -0.25) is 9.78 Å². The average Bonchev–Trinajstić information content (AvgIpc) is 2.71. The standard InChI is InChI=1S/C25H28N2O/c1-18-9-8-10-19(2)22(18)16-25(13-6-3-7-14-25)24(28)27-21-15-20-11-4-5-12-23(20)26-17-21/h4-5,8-12,15,17H,3,6-7,13-14,16H2,1-2H3,(H,27,28). The zero-order chi connectivity index (χ0) is 19.6. The fourth-order valence-electron chi connectivity index (χ4n) is 4.58. The molecule has 0 aliphatic heterocycles. The number of para-hydroxylation sites is 1. The minimum absolute atomic E-state index is 0.145. The predicted molar refractivity (Wildman–Crippen MR) is 116 cm³/mol. The van der Waals surface area contributed by atoms with Gasteiger partial charge in [-0.1, -0.05) is 55.7 Å². The van der Waals surface area contributed by atoms with E-state index in [9.17, 15) is 4.79 Å². The van der Waals surface area contributed by atoms with Crippen molar-refractivity contribution in [3.05, 3.63) is 71.4 Å². The molecule has 1 aromatic heterocycles. The molecule has 2 aromatic carbocycles. The van der Waals surface area contributed by atoms with Crippen molar-refractivity contribution in [2.75, 3.05) is 5.32 Å². The molecule has 0 atom stereocenters. The summed E-state index contributed by atoms with van der Waals surface area (Å²) in [6.45, 7) is 4.31. The third-order valence-corrected chi connectivity index (χ3v) is 6.30. The van der Waals surface area contributed by atoms with E-state index in [1.807, 2.05) is 30.3 Å². The number of aromatic nitrogens is 1. The molecule has 144 valence electrons. The van der Waals surface area contributed by atoms with Gasteiger partial charge in [0.2, 0.25) is 5.91 Å². The van der Waals surface area contributed by atoms with Crippen LogP contribution in [0, 0.1) is 19.3 Å². The van der Waals surface area contributed by atoms with Crippen molar-refractivity contribution < 1.29 is 4.79 Å². The van der Waals surface area contributed by atoms with E-state index in [0.717, 1.165) is 48.7 Å². The summed E-state index contributed by atoms with van der Waals surface area (Å²) in [4.78, 5) is 18.0. The van der Waals surface area contributed by atoms with Gasteiger partial charge in [0.1, 0.15) is 0 Å². The van der Waals surface area contributed by atoms with Crippen molar-refractivity contribution in [1.29, 1.82) is 0 Å². The quantitative estimate of drug-likeness (QED) is 0.612. The molecule has 0 unspecified atom stereocenters. The molecule has 1 saturated carbocycles. The summed E-state index contributed by atoms with van der Waals surface area (Å²) in [5.74, 6) is 0.145. The van der Waals surface area contributed by atoms with Crippen LogP contribution in [0.4, 0.5) is 5.69 Å². The smallest absolute Gasteiger partial charge is 0.230 e. The lowest BCUT2D eigenvalue weighted by Gasteiger charge is -2.37. The summed E-state index contributed by atoms with van der Waals surface area (Å²) < 4.78 is 0. The summed E-state index contributed by atoms with van der Waals surface area (Å²) >= 11 is 0. The number of anilines is 1. The summed E-state index contributed by atoms with van der Waals surface area (Å²) in [6, 6.07) is 16.4. The first-order valence-corrected chi connectivity index (χ1v) is 10.3. The molecule has 28 heavy (non-hydrogen) atoms. The fraction of sp³-hybridized carbons (Fsp3) is 0.360. The molecule has 1 aliphatic rings. The zero-order valence-electron chi connectivity index (χ0n) is 16.8. The maximum atomic E-state index is 13.5. The predicted octanol–water partition coefficient (Wildman–Crippen LogP) is 5.98. The molecule has 0 saturated heterocycles. The van der Waals surface area contributed by atoms with Crippen LogP contribution >= 0.6 is 0 Å². The van der Waals surface area contributed by atoms with Crippen molar-refractivity contribution in [2.24, 2.45) is 5.41 Å². The third-order valence-electron chi connectivity index (χ3n) is 6.30. The van der Waals surface area contributed by atoms with E-state index < -0.39 is 0 Å². The number of benzene rings is 2. The molecular formula is C25H28N2O. The van der Waals surface area contributed by atoms with Gasteiger partial charge >= 0.3 is 0 Å². The second-order valence-corrected chi connectivity index (χ2v) is 8.26. The number of nitrogens with one attached hydrogen (secondary N) is 1. The van der Waals surface area contributed by atoms with Crippen LogP contribution in [0.15, 0.2) is 54.7 Å². The highest BCUT2D eigenvalue weighted by Crippen LogP contribution is 2.41. The molecule has 3 nitrogen and oxygen atoms in total. The first kappa shape index (κ1) is 18.7. The first-order chi connectivity index (χ1) is 13.6. The summed E-state index contributed by atoms with van der Waals surface area (Å²) in [5, 5.41) is 4.25. The maximum absolute atomic E-state index is 13.5. The Hall–Kier alpha value is -2.68. The van der Waals surface area contributed by atoms with Gasteiger partial charge < -0.3 is 5.32 Å². The van der Waals surface area contributed by atoms with Crippen LogP contribution < -0.4 is 5.32 Å². The molecule has 1 amide bonds. The second-order valence-electron chi connectivity index (χ2n) is 8.26. The van der Waals surface area contributed by atoms with E-state index >= 15 is 0 Å². The van der Waals surface area contributed by atoms with Gasteiger partial charge in [0.05, 0.1) is 22.8 Å². The number of nitrogens with zero attached hydrogens (tertiary/aromatic N) is 1. The van der Waals surface area contributed by atoms with Crippen LogP contribution in [0.3, 0.4) is 0 Å². The number of carbonyl (C=O) groups excluding carboxylic acids is 1. The highest BCUT2D eigenvalue weighted by Gasteiger charge is 2.40. The Morgan fingerprint density at radius 1 is 1.00 bits per heavy atom. The van der Waals surface area contributed by atoms with Crippen LogP contribution in [0.1, 0.15) is 48.8 Å². The Kier molecular flexibility index (Phi) is 5.17. The van der Waals surface area contributed by atoms with Gasteiger partial charge in [0.25, 0.3) is 0 Å². The number of fused-ring (bicyclic) bond motifs is 1. The van der Waals surface area contributed by atoms with Crippen molar-refractivity contribution >= 4 is 22.5 Å². The Balaban J connectivity index is 1.63. The van der Waals surface area contributed by atoms with Crippen LogP contribution in [0.5, 0.6) is 0 Å². The minimum Gasteiger partial charge on any atom is -0.324 e. The first-order valence-electron chi connectivity index (χ1n) is 10.3. The second kappa shape index (κ2) is 7.75. The molecule has 1 aliphatic carbocycles. The molecule has 4 rings (SSSR count). The van der Waals surface area contributed by atoms with E-state index in [0.29, 0.717) is 0 Å². The van der Waals surface area contributed by atoms with Crippen LogP contribution in [0.2, 0.25) is 0 Å². The number of rotatable bonds is 4. The molecule has 1 fully saturated rings. The number of carbonyl (C=O) groups is 1. The molecule has 0 bridgehead atoms. The lowest BCUT2D eigenvalue weighted by molar-refractivity contribution is -0.127. The van der Waals surface area contributed by atoms with Crippen molar-refractivity contribution in [2.45, 2.75) is 52.4 Å². The van der Waals surface area contributed by atoms with Crippen LogP contribution in [0.25, 0.3) is 10.9 Å². The van der Waals surface area contributed by atoms with Gasteiger partial charge in [-0.05, 0) is 61.9 Å². The maximum Gasteiger partial charge on any atom is 0.230 e. The monoisotopic (exact) mass is 372 g/mol. The van der Waals surface area contributed by atoms with Crippen LogP contribution in [-0.4, -0.2) is 10.9 Å². The molecule has 3 heteroatoms. The van der Waals surface area contributed by atoms with E-state index in [1.54, 1.807) is 6.20 Å². The molecule has 3 aromatic rings. The summed E-state index contributed by atoms with van der Waals surface area (Å²) in [6.07, 6.45) is 7.96. The van der Waals surface area contributed by atoms with Crippen molar-refractivity contribution in [3.63, 3.8) is 0 Å². The Labute approximate surface area is 167 Å².